The molecule has 0 unspecified atom stereocenters. The largest absolute Gasteiger partial charge is 0.356 e. The van der Waals surface area contributed by atoms with Gasteiger partial charge in [0.1, 0.15) is 0 Å². The first-order chi connectivity index (χ1) is 6.57. The van der Waals surface area contributed by atoms with Crippen molar-refractivity contribution < 1.29 is 4.79 Å². The van der Waals surface area contributed by atoms with E-state index in [0.29, 0.717) is 12.5 Å². The summed E-state index contributed by atoms with van der Waals surface area (Å²) in [4.78, 5) is 13.2. The minimum atomic E-state index is 0.155. The molecule has 0 spiro atoms. The van der Waals surface area contributed by atoms with Crippen LogP contribution in [-0.2, 0) is 4.79 Å². The molecule has 0 aromatic rings. The van der Waals surface area contributed by atoms with Crippen LogP contribution in [0.3, 0.4) is 0 Å². The van der Waals surface area contributed by atoms with Crippen LogP contribution in [0.25, 0.3) is 0 Å². The zero-order chi connectivity index (χ0) is 11.0. The summed E-state index contributed by atoms with van der Waals surface area (Å²) in [6, 6.07) is 0.611. The Kier molecular flexibility index (Phi) is 7.48. The first-order valence-electron chi connectivity index (χ1n) is 5.54. The summed E-state index contributed by atoms with van der Waals surface area (Å²) in [6.45, 7) is 8.19. The Labute approximate surface area is 87.9 Å². The Morgan fingerprint density at radius 2 is 2.00 bits per heavy atom. The molecule has 0 heterocycles. The normalized spacial score (nSPS) is 11.0. The van der Waals surface area contributed by atoms with E-state index in [2.05, 4.69) is 31.1 Å². The van der Waals surface area contributed by atoms with Gasteiger partial charge in [-0.05, 0) is 40.3 Å². The van der Waals surface area contributed by atoms with Gasteiger partial charge in [0.05, 0.1) is 0 Å². The molecule has 0 aliphatic carbocycles. The van der Waals surface area contributed by atoms with Gasteiger partial charge in [-0.25, -0.2) is 0 Å². The second-order valence-corrected chi connectivity index (χ2v) is 3.98. The van der Waals surface area contributed by atoms with Crippen molar-refractivity contribution in [1.29, 1.82) is 0 Å². The molecule has 0 saturated carbocycles. The van der Waals surface area contributed by atoms with E-state index < -0.39 is 0 Å². The zero-order valence-corrected chi connectivity index (χ0v) is 9.97. The van der Waals surface area contributed by atoms with Crippen LogP contribution in [0.4, 0.5) is 0 Å². The lowest BCUT2D eigenvalue weighted by molar-refractivity contribution is -0.120. The van der Waals surface area contributed by atoms with Crippen LogP contribution < -0.4 is 5.32 Å². The highest BCUT2D eigenvalue weighted by molar-refractivity contribution is 5.75. The third-order valence-corrected chi connectivity index (χ3v) is 2.46. The maximum absolute atomic E-state index is 10.9. The van der Waals surface area contributed by atoms with Gasteiger partial charge >= 0.3 is 0 Å². The fraction of sp³-hybridized carbons (Fsp3) is 0.909. The molecule has 0 aromatic heterocycles. The van der Waals surface area contributed by atoms with E-state index in [1.807, 2.05) is 6.92 Å². The van der Waals surface area contributed by atoms with E-state index in [0.717, 1.165) is 25.9 Å². The fourth-order valence-electron chi connectivity index (χ4n) is 1.10. The summed E-state index contributed by atoms with van der Waals surface area (Å²) in [6.07, 6.45) is 2.81. The minimum Gasteiger partial charge on any atom is -0.356 e. The molecule has 0 aromatic carbocycles. The van der Waals surface area contributed by atoms with E-state index in [1.165, 1.54) is 0 Å². The number of carbonyl (C=O) groups is 1. The molecule has 0 fully saturated rings. The van der Waals surface area contributed by atoms with E-state index in [-0.39, 0.29) is 5.91 Å². The predicted octanol–water partition coefficient (Wildman–Crippen LogP) is 1.63. The van der Waals surface area contributed by atoms with E-state index in [4.69, 9.17) is 0 Å². The molecule has 0 atom stereocenters. The highest BCUT2D eigenvalue weighted by Gasteiger charge is 2.01. The average Bonchev–Trinajstić information content (AvgIpc) is 2.16. The van der Waals surface area contributed by atoms with Crippen molar-refractivity contribution in [3.8, 4) is 0 Å². The lowest BCUT2D eigenvalue weighted by Gasteiger charge is -2.20. The SMILES string of the molecule is CCC(=O)NCCCCN(C)C(C)C. The molecule has 3 heteroatoms. The van der Waals surface area contributed by atoms with Crippen molar-refractivity contribution in [1.82, 2.24) is 10.2 Å². The summed E-state index contributed by atoms with van der Waals surface area (Å²) in [5, 5.41) is 2.88. The summed E-state index contributed by atoms with van der Waals surface area (Å²) >= 11 is 0. The van der Waals surface area contributed by atoms with Gasteiger partial charge in [-0.3, -0.25) is 4.79 Å². The molecule has 84 valence electrons. The zero-order valence-electron chi connectivity index (χ0n) is 9.97. The minimum absolute atomic E-state index is 0.155. The first-order valence-corrected chi connectivity index (χ1v) is 5.54. The van der Waals surface area contributed by atoms with Gasteiger partial charge in [0.25, 0.3) is 0 Å². The highest BCUT2D eigenvalue weighted by Crippen LogP contribution is 1.97. The Bertz CT molecular complexity index is 157. The summed E-state index contributed by atoms with van der Waals surface area (Å²) in [5.74, 6) is 0.155. The maximum atomic E-state index is 10.9. The predicted molar refractivity (Wildman–Crippen MR) is 60.3 cm³/mol. The fourth-order valence-corrected chi connectivity index (χ4v) is 1.10. The van der Waals surface area contributed by atoms with Crippen molar-refractivity contribution in [2.24, 2.45) is 0 Å². The molecule has 3 nitrogen and oxygen atoms in total. The van der Waals surface area contributed by atoms with Gasteiger partial charge in [-0.1, -0.05) is 6.92 Å². The van der Waals surface area contributed by atoms with E-state index in [1.54, 1.807) is 0 Å². The standard InChI is InChI=1S/C11H24N2O/c1-5-11(14)12-8-6-7-9-13(4)10(2)3/h10H,5-9H2,1-4H3,(H,12,14). The number of carbonyl (C=O) groups excluding carboxylic acids is 1. The number of unbranched alkanes of at least 4 members (excludes halogenated alkanes) is 1. The molecular weight excluding hydrogens is 176 g/mol. The Balaban J connectivity index is 3.25. The Morgan fingerprint density at radius 1 is 1.36 bits per heavy atom. The molecule has 14 heavy (non-hydrogen) atoms. The van der Waals surface area contributed by atoms with Gasteiger partial charge in [0.2, 0.25) is 5.91 Å². The van der Waals surface area contributed by atoms with Crippen LogP contribution in [-0.4, -0.2) is 37.0 Å². The number of amides is 1. The van der Waals surface area contributed by atoms with Crippen molar-refractivity contribution in [2.45, 2.75) is 46.1 Å². The van der Waals surface area contributed by atoms with Gasteiger partial charge in [-0.15, -0.1) is 0 Å². The van der Waals surface area contributed by atoms with Gasteiger partial charge in [0.15, 0.2) is 0 Å². The molecule has 1 amide bonds. The van der Waals surface area contributed by atoms with Crippen molar-refractivity contribution in [3.05, 3.63) is 0 Å². The van der Waals surface area contributed by atoms with Crippen LogP contribution in [0, 0.1) is 0 Å². The number of nitrogens with one attached hydrogen (secondary N) is 1. The van der Waals surface area contributed by atoms with Crippen LogP contribution >= 0.6 is 0 Å². The second-order valence-electron chi connectivity index (χ2n) is 3.98. The second kappa shape index (κ2) is 7.80. The third-order valence-electron chi connectivity index (χ3n) is 2.46. The number of hydrogen-bond acceptors (Lipinski definition) is 2. The quantitative estimate of drug-likeness (QED) is 0.634. The van der Waals surface area contributed by atoms with Crippen molar-refractivity contribution >= 4 is 5.91 Å². The molecule has 1 N–H and O–H groups in total. The summed E-state index contributed by atoms with van der Waals surface area (Å²) < 4.78 is 0. The lowest BCUT2D eigenvalue weighted by Crippen LogP contribution is -2.28. The van der Waals surface area contributed by atoms with Gasteiger partial charge < -0.3 is 10.2 Å². The lowest BCUT2D eigenvalue weighted by atomic mass is 10.2. The van der Waals surface area contributed by atoms with Gasteiger partial charge in [0, 0.05) is 19.0 Å². The topological polar surface area (TPSA) is 32.3 Å². The molecule has 0 bridgehead atoms. The first kappa shape index (κ1) is 13.4. The average molecular weight is 200 g/mol. The molecule has 0 saturated heterocycles. The van der Waals surface area contributed by atoms with Crippen LogP contribution in [0.15, 0.2) is 0 Å². The maximum Gasteiger partial charge on any atom is 0.219 e. The van der Waals surface area contributed by atoms with Crippen molar-refractivity contribution in [3.63, 3.8) is 0 Å². The van der Waals surface area contributed by atoms with E-state index >= 15 is 0 Å². The molecule has 0 rings (SSSR count). The number of hydrogen-bond donors (Lipinski definition) is 1. The van der Waals surface area contributed by atoms with Crippen molar-refractivity contribution in [2.75, 3.05) is 20.1 Å². The highest BCUT2D eigenvalue weighted by atomic mass is 16.1. The number of nitrogens with zero attached hydrogens (tertiary/aromatic N) is 1. The van der Waals surface area contributed by atoms with E-state index in [9.17, 15) is 4.79 Å². The van der Waals surface area contributed by atoms with Crippen LogP contribution in [0.1, 0.15) is 40.0 Å². The monoisotopic (exact) mass is 200 g/mol. The molecular formula is C11H24N2O. The summed E-state index contributed by atoms with van der Waals surface area (Å²) in [5.41, 5.74) is 0. The third kappa shape index (κ3) is 6.89. The van der Waals surface area contributed by atoms with Crippen LogP contribution in [0.2, 0.25) is 0 Å². The Hall–Kier alpha value is -0.570. The summed E-state index contributed by atoms with van der Waals surface area (Å²) in [7, 11) is 2.13. The molecule has 0 radical (unpaired) electrons. The smallest absolute Gasteiger partial charge is 0.219 e. The van der Waals surface area contributed by atoms with Gasteiger partial charge in [-0.2, -0.15) is 0 Å². The number of rotatable bonds is 7. The van der Waals surface area contributed by atoms with Crippen LogP contribution in [0.5, 0.6) is 0 Å². The Morgan fingerprint density at radius 3 is 2.50 bits per heavy atom. The molecule has 0 aliphatic rings. The molecule has 0 aliphatic heterocycles.